The summed E-state index contributed by atoms with van der Waals surface area (Å²) in [6.07, 6.45) is -0.285. The van der Waals surface area contributed by atoms with Gasteiger partial charge in [-0.25, -0.2) is 0 Å². The zero-order valence-corrected chi connectivity index (χ0v) is 17.0. The summed E-state index contributed by atoms with van der Waals surface area (Å²) in [5, 5.41) is 15.8. The quantitative estimate of drug-likeness (QED) is 0.349. The molecule has 0 atom stereocenters. The van der Waals surface area contributed by atoms with E-state index in [1.807, 2.05) is 13.0 Å². The molecule has 0 aliphatic rings. The number of non-ortho nitro benzene ring substituents is 1. The highest BCUT2D eigenvalue weighted by Gasteiger charge is 2.13. The molecule has 152 valence electrons. The Bertz CT molecular complexity index is 947. The Kier molecular flexibility index (Phi) is 7.84. The van der Waals surface area contributed by atoms with Crippen molar-refractivity contribution in [1.82, 2.24) is 0 Å². The Morgan fingerprint density at radius 1 is 1.07 bits per heavy atom. The first-order chi connectivity index (χ1) is 13.7. The standard InChI is InChI=1S/C19H18BrN3O6/c1-12-9-13(20)5-6-16(12)22-17(24)7-8-19(26)29-11-18(25)21-14-3-2-4-15(10-14)23(27)28/h2-6,9-10H,7-8,11H2,1H3,(H,21,25)(H,22,24). The van der Waals surface area contributed by atoms with Crippen LogP contribution in [0.5, 0.6) is 0 Å². The van der Waals surface area contributed by atoms with Crippen molar-refractivity contribution in [3.8, 4) is 0 Å². The van der Waals surface area contributed by atoms with Gasteiger partial charge in [0.15, 0.2) is 6.61 Å². The first kappa shape index (κ1) is 22.0. The van der Waals surface area contributed by atoms with E-state index in [-0.39, 0.29) is 30.1 Å². The van der Waals surface area contributed by atoms with Gasteiger partial charge in [0.25, 0.3) is 11.6 Å². The summed E-state index contributed by atoms with van der Waals surface area (Å²) < 4.78 is 5.71. The number of benzene rings is 2. The lowest BCUT2D eigenvalue weighted by Crippen LogP contribution is -2.22. The van der Waals surface area contributed by atoms with E-state index in [4.69, 9.17) is 4.74 Å². The molecule has 2 amide bonds. The van der Waals surface area contributed by atoms with Gasteiger partial charge in [-0.15, -0.1) is 0 Å². The zero-order valence-electron chi connectivity index (χ0n) is 15.4. The second-order valence-corrected chi connectivity index (χ2v) is 6.94. The number of nitro benzene ring substituents is 1. The first-order valence-corrected chi connectivity index (χ1v) is 9.30. The highest BCUT2D eigenvalue weighted by Crippen LogP contribution is 2.20. The van der Waals surface area contributed by atoms with Crippen molar-refractivity contribution >= 4 is 50.8 Å². The number of nitrogens with one attached hydrogen (secondary N) is 2. The van der Waals surface area contributed by atoms with E-state index in [1.165, 1.54) is 24.3 Å². The molecule has 9 nitrogen and oxygen atoms in total. The van der Waals surface area contributed by atoms with Gasteiger partial charge in [0.1, 0.15) is 0 Å². The second kappa shape index (κ2) is 10.3. The summed E-state index contributed by atoms with van der Waals surface area (Å²) >= 11 is 3.34. The monoisotopic (exact) mass is 463 g/mol. The van der Waals surface area contributed by atoms with Crippen LogP contribution in [0.4, 0.5) is 17.1 Å². The number of amides is 2. The summed E-state index contributed by atoms with van der Waals surface area (Å²) in [6, 6.07) is 10.8. The predicted octanol–water partition coefficient (Wildman–Crippen LogP) is 3.57. The third-order valence-electron chi connectivity index (χ3n) is 3.72. The molecule has 0 heterocycles. The molecule has 2 N–H and O–H groups in total. The van der Waals surface area contributed by atoms with Gasteiger partial charge in [-0.05, 0) is 36.8 Å². The molecule has 0 aromatic heterocycles. The molecule has 29 heavy (non-hydrogen) atoms. The van der Waals surface area contributed by atoms with Crippen LogP contribution in [-0.4, -0.2) is 29.3 Å². The number of esters is 1. The summed E-state index contributed by atoms with van der Waals surface area (Å²) in [5.74, 6) is -1.70. The van der Waals surface area contributed by atoms with Gasteiger partial charge < -0.3 is 15.4 Å². The maximum atomic E-state index is 12.0. The van der Waals surface area contributed by atoms with Crippen LogP contribution < -0.4 is 10.6 Å². The van der Waals surface area contributed by atoms with Crippen molar-refractivity contribution < 1.29 is 24.0 Å². The molecule has 0 radical (unpaired) electrons. The number of anilines is 2. The maximum absolute atomic E-state index is 12.0. The number of nitrogens with zero attached hydrogens (tertiary/aromatic N) is 1. The molecule has 0 spiro atoms. The second-order valence-electron chi connectivity index (χ2n) is 6.02. The van der Waals surface area contributed by atoms with Crippen molar-refractivity contribution in [2.45, 2.75) is 19.8 Å². The maximum Gasteiger partial charge on any atom is 0.306 e. The van der Waals surface area contributed by atoms with Gasteiger partial charge in [-0.3, -0.25) is 24.5 Å². The highest BCUT2D eigenvalue weighted by molar-refractivity contribution is 9.10. The van der Waals surface area contributed by atoms with Crippen LogP contribution in [0.1, 0.15) is 18.4 Å². The number of hydrogen-bond donors (Lipinski definition) is 2. The number of ether oxygens (including phenoxy) is 1. The van der Waals surface area contributed by atoms with Crippen molar-refractivity contribution in [3.63, 3.8) is 0 Å². The van der Waals surface area contributed by atoms with Crippen LogP contribution in [0, 0.1) is 17.0 Å². The number of halogens is 1. The molecule has 2 aromatic rings. The normalized spacial score (nSPS) is 10.1. The predicted molar refractivity (Wildman–Crippen MR) is 109 cm³/mol. The number of hydrogen-bond acceptors (Lipinski definition) is 6. The van der Waals surface area contributed by atoms with Crippen molar-refractivity contribution in [3.05, 3.63) is 62.6 Å². The Hall–Kier alpha value is -3.27. The Labute approximate surface area is 174 Å². The molecule has 0 saturated carbocycles. The minimum Gasteiger partial charge on any atom is -0.456 e. The molecular weight excluding hydrogens is 446 g/mol. The number of carbonyl (C=O) groups excluding carboxylic acids is 3. The van der Waals surface area contributed by atoms with Crippen LogP contribution in [0.25, 0.3) is 0 Å². The third-order valence-corrected chi connectivity index (χ3v) is 4.22. The smallest absolute Gasteiger partial charge is 0.306 e. The fraction of sp³-hybridized carbons (Fsp3) is 0.211. The van der Waals surface area contributed by atoms with Crippen LogP contribution in [-0.2, 0) is 19.1 Å². The van der Waals surface area contributed by atoms with Gasteiger partial charge >= 0.3 is 5.97 Å². The third kappa shape index (κ3) is 7.34. The lowest BCUT2D eigenvalue weighted by Gasteiger charge is -2.09. The van der Waals surface area contributed by atoms with Crippen molar-refractivity contribution in [2.75, 3.05) is 17.2 Å². The van der Waals surface area contributed by atoms with E-state index < -0.39 is 23.4 Å². The molecule has 0 unspecified atom stereocenters. The molecule has 0 saturated heterocycles. The van der Waals surface area contributed by atoms with Crippen LogP contribution in [0.15, 0.2) is 46.9 Å². The van der Waals surface area contributed by atoms with Gasteiger partial charge in [-0.1, -0.05) is 22.0 Å². The molecule has 10 heteroatoms. The summed E-state index contributed by atoms with van der Waals surface area (Å²) in [5.41, 5.74) is 1.55. The van der Waals surface area contributed by atoms with E-state index in [9.17, 15) is 24.5 Å². The summed E-state index contributed by atoms with van der Waals surface area (Å²) in [4.78, 5) is 45.6. The van der Waals surface area contributed by atoms with Gasteiger partial charge in [0, 0.05) is 34.4 Å². The minimum atomic E-state index is -0.707. The topological polar surface area (TPSA) is 128 Å². The van der Waals surface area contributed by atoms with Gasteiger partial charge in [-0.2, -0.15) is 0 Å². The fourth-order valence-electron chi connectivity index (χ4n) is 2.31. The largest absolute Gasteiger partial charge is 0.456 e. The SMILES string of the molecule is Cc1cc(Br)ccc1NC(=O)CCC(=O)OCC(=O)Nc1cccc([N+](=O)[O-])c1. The highest BCUT2D eigenvalue weighted by atomic mass is 79.9. The average Bonchev–Trinajstić information content (AvgIpc) is 2.67. The van der Waals surface area contributed by atoms with Gasteiger partial charge in [0.05, 0.1) is 11.3 Å². The number of aryl methyl sites for hydroxylation is 1. The summed E-state index contributed by atoms with van der Waals surface area (Å²) in [6.45, 7) is 1.28. The Morgan fingerprint density at radius 3 is 2.52 bits per heavy atom. The molecule has 0 aliphatic carbocycles. The number of nitro groups is 1. The van der Waals surface area contributed by atoms with E-state index in [0.29, 0.717) is 5.69 Å². The lowest BCUT2D eigenvalue weighted by molar-refractivity contribution is -0.384. The Balaban J connectivity index is 1.73. The molecule has 2 rings (SSSR count). The zero-order chi connectivity index (χ0) is 21.4. The van der Waals surface area contributed by atoms with E-state index in [1.54, 1.807) is 12.1 Å². The molecular formula is C19H18BrN3O6. The number of carbonyl (C=O) groups is 3. The fourth-order valence-corrected chi connectivity index (χ4v) is 2.78. The van der Waals surface area contributed by atoms with Crippen LogP contribution in [0.3, 0.4) is 0 Å². The lowest BCUT2D eigenvalue weighted by atomic mass is 10.2. The van der Waals surface area contributed by atoms with Gasteiger partial charge in [0.2, 0.25) is 5.91 Å². The molecule has 0 bridgehead atoms. The van der Waals surface area contributed by atoms with Crippen LogP contribution in [0.2, 0.25) is 0 Å². The van der Waals surface area contributed by atoms with E-state index >= 15 is 0 Å². The molecule has 2 aromatic carbocycles. The van der Waals surface area contributed by atoms with E-state index in [0.717, 1.165) is 10.0 Å². The minimum absolute atomic E-state index is 0.0964. The number of rotatable bonds is 8. The van der Waals surface area contributed by atoms with Crippen molar-refractivity contribution in [2.24, 2.45) is 0 Å². The molecule has 0 fully saturated rings. The van der Waals surface area contributed by atoms with Crippen LogP contribution >= 0.6 is 15.9 Å². The van der Waals surface area contributed by atoms with E-state index in [2.05, 4.69) is 26.6 Å². The Morgan fingerprint density at radius 2 is 1.83 bits per heavy atom. The average molecular weight is 464 g/mol. The summed E-state index contributed by atoms with van der Waals surface area (Å²) in [7, 11) is 0. The molecule has 0 aliphatic heterocycles. The van der Waals surface area contributed by atoms with Crippen molar-refractivity contribution in [1.29, 1.82) is 0 Å². The first-order valence-electron chi connectivity index (χ1n) is 8.50.